The van der Waals surface area contributed by atoms with E-state index in [9.17, 15) is 14.4 Å². The van der Waals surface area contributed by atoms with Crippen LogP contribution in [0.25, 0.3) is 0 Å². The van der Waals surface area contributed by atoms with Crippen LogP contribution in [0.4, 0.5) is 4.79 Å². The third-order valence-electron chi connectivity index (χ3n) is 6.44. The summed E-state index contributed by atoms with van der Waals surface area (Å²) in [5.74, 6) is -0.0775. The highest BCUT2D eigenvalue weighted by Crippen LogP contribution is 2.33. The Kier molecular flexibility index (Phi) is 4.66. The molecule has 2 aliphatic carbocycles. The van der Waals surface area contributed by atoms with Crippen molar-refractivity contribution in [1.82, 2.24) is 15.5 Å². The summed E-state index contributed by atoms with van der Waals surface area (Å²) in [5, 5.41) is 5.92. The first-order valence-corrected chi connectivity index (χ1v) is 9.99. The van der Waals surface area contributed by atoms with Crippen LogP contribution in [-0.2, 0) is 22.4 Å². The highest BCUT2D eigenvalue weighted by Gasteiger charge is 2.52. The molecule has 2 fully saturated rings. The van der Waals surface area contributed by atoms with Gasteiger partial charge in [0.2, 0.25) is 5.91 Å². The van der Waals surface area contributed by atoms with Crippen LogP contribution in [0.5, 0.6) is 0 Å². The lowest BCUT2D eigenvalue weighted by molar-refractivity contribution is -0.135. The molecule has 1 aromatic rings. The first-order chi connectivity index (χ1) is 13.0. The van der Waals surface area contributed by atoms with Gasteiger partial charge in [0.1, 0.15) is 12.1 Å². The molecule has 0 bridgehead atoms. The molecule has 1 aliphatic heterocycles. The fourth-order valence-corrected chi connectivity index (χ4v) is 4.77. The van der Waals surface area contributed by atoms with E-state index in [2.05, 4.69) is 23.6 Å². The van der Waals surface area contributed by atoms with Crippen molar-refractivity contribution in [2.45, 2.75) is 63.5 Å². The average Bonchev–Trinajstić information content (AvgIpc) is 2.87. The second kappa shape index (κ2) is 6.98. The molecular formula is C21H27N3O3. The molecule has 2 N–H and O–H groups in total. The predicted octanol–water partition coefficient (Wildman–Crippen LogP) is 2.16. The normalized spacial score (nSPS) is 30.2. The van der Waals surface area contributed by atoms with Gasteiger partial charge in [-0.3, -0.25) is 14.5 Å². The van der Waals surface area contributed by atoms with Gasteiger partial charge in [0.25, 0.3) is 5.91 Å². The summed E-state index contributed by atoms with van der Waals surface area (Å²) in [7, 11) is 0. The third kappa shape index (κ3) is 3.33. The molecule has 0 radical (unpaired) electrons. The van der Waals surface area contributed by atoms with Crippen LogP contribution in [0.2, 0.25) is 0 Å². The first kappa shape index (κ1) is 18.0. The van der Waals surface area contributed by atoms with Gasteiger partial charge in [-0.15, -0.1) is 0 Å². The largest absolute Gasteiger partial charge is 0.352 e. The van der Waals surface area contributed by atoms with Crippen molar-refractivity contribution in [3.63, 3.8) is 0 Å². The number of fused-ring (bicyclic) bond motifs is 1. The summed E-state index contributed by atoms with van der Waals surface area (Å²) < 4.78 is 0. The van der Waals surface area contributed by atoms with Crippen LogP contribution in [0.1, 0.15) is 50.2 Å². The Balaban J connectivity index is 1.43. The van der Waals surface area contributed by atoms with Crippen molar-refractivity contribution in [2.24, 2.45) is 5.92 Å². The van der Waals surface area contributed by atoms with Gasteiger partial charge in [0.15, 0.2) is 0 Å². The zero-order valence-corrected chi connectivity index (χ0v) is 15.8. The van der Waals surface area contributed by atoms with Crippen molar-refractivity contribution in [3.8, 4) is 0 Å². The lowest BCUT2D eigenvalue weighted by atomic mass is 9.78. The molecule has 3 aliphatic rings. The lowest BCUT2D eigenvalue weighted by Gasteiger charge is -2.32. The highest BCUT2D eigenvalue weighted by molar-refractivity contribution is 6.09. The topological polar surface area (TPSA) is 78.5 Å². The Labute approximate surface area is 159 Å². The average molecular weight is 369 g/mol. The van der Waals surface area contributed by atoms with Crippen molar-refractivity contribution in [3.05, 3.63) is 35.4 Å². The van der Waals surface area contributed by atoms with E-state index in [4.69, 9.17) is 0 Å². The van der Waals surface area contributed by atoms with E-state index in [1.54, 1.807) is 0 Å². The minimum Gasteiger partial charge on any atom is -0.352 e. The van der Waals surface area contributed by atoms with Gasteiger partial charge in [0.05, 0.1) is 0 Å². The van der Waals surface area contributed by atoms with E-state index in [1.165, 1.54) is 12.0 Å². The molecule has 1 saturated heterocycles. The van der Waals surface area contributed by atoms with Crippen molar-refractivity contribution in [1.29, 1.82) is 0 Å². The van der Waals surface area contributed by atoms with E-state index in [-0.39, 0.29) is 24.4 Å². The SMILES string of the molecule is C[C@@H]1CCCC[C@@H]1NC(=O)CN1C(=O)N[C@@]2(CCc3ccccc3C2)C1=O. The number of urea groups is 1. The van der Waals surface area contributed by atoms with E-state index in [0.717, 1.165) is 36.1 Å². The molecule has 4 rings (SSSR count). The molecular weight excluding hydrogens is 342 g/mol. The smallest absolute Gasteiger partial charge is 0.325 e. The molecule has 3 atom stereocenters. The number of imide groups is 1. The molecule has 1 heterocycles. The van der Waals surface area contributed by atoms with Gasteiger partial charge >= 0.3 is 6.03 Å². The van der Waals surface area contributed by atoms with Crippen molar-refractivity contribution < 1.29 is 14.4 Å². The Bertz CT molecular complexity index is 778. The van der Waals surface area contributed by atoms with Crippen LogP contribution < -0.4 is 10.6 Å². The number of benzene rings is 1. The molecule has 0 unspecified atom stereocenters. The maximum Gasteiger partial charge on any atom is 0.325 e. The summed E-state index contributed by atoms with van der Waals surface area (Å²) in [6.45, 7) is 1.95. The van der Waals surface area contributed by atoms with Crippen molar-refractivity contribution >= 4 is 17.8 Å². The number of hydrogen-bond donors (Lipinski definition) is 2. The molecule has 6 nitrogen and oxygen atoms in total. The summed E-state index contributed by atoms with van der Waals surface area (Å²) in [5.41, 5.74) is 1.43. The lowest BCUT2D eigenvalue weighted by Crippen LogP contribution is -2.52. The number of nitrogens with one attached hydrogen (secondary N) is 2. The number of hydrogen-bond acceptors (Lipinski definition) is 3. The summed E-state index contributed by atoms with van der Waals surface area (Å²) in [6.07, 6.45) is 6.20. The van der Waals surface area contributed by atoms with Crippen LogP contribution in [-0.4, -0.2) is 40.9 Å². The molecule has 0 aromatic heterocycles. The minimum atomic E-state index is -0.899. The maximum absolute atomic E-state index is 13.1. The van der Waals surface area contributed by atoms with Crippen LogP contribution >= 0.6 is 0 Å². The quantitative estimate of drug-likeness (QED) is 0.802. The molecule has 1 saturated carbocycles. The van der Waals surface area contributed by atoms with Gasteiger partial charge in [-0.25, -0.2) is 4.79 Å². The number of carbonyl (C=O) groups excluding carboxylic acids is 3. The second-order valence-electron chi connectivity index (χ2n) is 8.28. The maximum atomic E-state index is 13.1. The van der Waals surface area contributed by atoms with E-state index >= 15 is 0 Å². The Morgan fingerprint density at radius 2 is 1.96 bits per heavy atom. The predicted molar refractivity (Wildman–Crippen MR) is 101 cm³/mol. The minimum absolute atomic E-state index is 0.141. The zero-order valence-electron chi connectivity index (χ0n) is 15.8. The standard InChI is InChI=1S/C21H27N3O3/c1-14-6-2-5-9-17(14)22-18(25)13-24-19(26)21(23-20(24)27)11-10-15-7-3-4-8-16(15)12-21/h3-4,7-8,14,17H,2,5-6,9-13H2,1H3,(H,22,25)(H,23,27)/t14-,17+,21-/m1/s1. The Morgan fingerprint density at radius 1 is 1.22 bits per heavy atom. The second-order valence-corrected chi connectivity index (χ2v) is 8.28. The Hall–Kier alpha value is -2.37. The number of rotatable bonds is 3. The molecule has 4 amide bonds. The summed E-state index contributed by atoms with van der Waals surface area (Å²) >= 11 is 0. The zero-order chi connectivity index (χ0) is 19.0. The van der Waals surface area contributed by atoms with E-state index in [0.29, 0.717) is 18.8 Å². The van der Waals surface area contributed by atoms with Gasteiger partial charge in [0, 0.05) is 12.5 Å². The van der Waals surface area contributed by atoms with Gasteiger partial charge < -0.3 is 10.6 Å². The van der Waals surface area contributed by atoms with E-state index in [1.807, 2.05) is 18.2 Å². The molecule has 27 heavy (non-hydrogen) atoms. The molecule has 6 heteroatoms. The highest BCUT2D eigenvalue weighted by atomic mass is 16.2. The van der Waals surface area contributed by atoms with E-state index < -0.39 is 11.6 Å². The number of carbonyl (C=O) groups is 3. The third-order valence-corrected chi connectivity index (χ3v) is 6.44. The van der Waals surface area contributed by atoms with Gasteiger partial charge in [-0.2, -0.15) is 0 Å². The number of nitrogens with zero attached hydrogens (tertiary/aromatic N) is 1. The summed E-state index contributed by atoms with van der Waals surface area (Å²) in [4.78, 5) is 39.1. The Morgan fingerprint density at radius 3 is 2.74 bits per heavy atom. The molecule has 144 valence electrons. The van der Waals surface area contributed by atoms with Gasteiger partial charge in [-0.1, -0.05) is 44.0 Å². The van der Waals surface area contributed by atoms with Crippen LogP contribution in [0.15, 0.2) is 24.3 Å². The monoisotopic (exact) mass is 369 g/mol. The van der Waals surface area contributed by atoms with Crippen LogP contribution in [0, 0.1) is 5.92 Å². The van der Waals surface area contributed by atoms with Gasteiger partial charge in [-0.05, 0) is 42.7 Å². The first-order valence-electron chi connectivity index (χ1n) is 9.99. The number of aryl methyl sites for hydroxylation is 1. The fraction of sp³-hybridized carbons (Fsp3) is 0.571. The van der Waals surface area contributed by atoms with Crippen LogP contribution in [0.3, 0.4) is 0 Å². The number of amides is 4. The molecule has 1 aromatic carbocycles. The molecule has 1 spiro atoms. The fourth-order valence-electron chi connectivity index (χ4n) is 4.77. The summed E-state index contributed by atoms with van der Waals surface area (Å²) in [6, 6.07) is 7.72. The van der Waals surface area contributed by atoms with Crippen molar-refractivity contribution in [2.75, 3.05) is 6.54 Å².